The third-order valence-electron chi connectivity index (χ3n) is 3.44. The highest BCUT2D eigenvalue weighted by atomic mass is 32.1. The van der Waals surface area contributed by atoms with Crippen LogP contribution in [0.1, 0.15) is 35.9 Å². The second kappa shape index (κ2) is 7.61. The molecule has 2 rings (SSSR count). The van der Waals surface area contributed by atoms with Gasteiger partial charge in [0.15, 0.2) is 5.96 Å². The Kier molecular flexibility index (Phi) is 5.79. The Balaban J connectivity index is 2.00. The van der Waals surface area contributed by atoms with Crippen molar-refractivity contribution in [2.75, 3.05) is 13.1 Å². The number of nitrogens with zero attached hydrogens (tertiary/aromatic N) is 2. The van der Waals surface area contributed by atoms with Gasteiger partial charge in [-0.25, -0.2) is 9.98 Å². The summed E-state index contributed by atoms with van der Waals surface area (Å²) in [6.07, 6.45) is 0. The maximum absolute atomic E-state index is 10.6. The number of thiazole rings is 1. The zero-order chi connectivity index (χ0) is 16.9. The van der Waals surface area contributed by atoms with Crippen LogP contribution in [-0.4, -0.2) is 29.1 Å². The van der Waals surface area contributed by atoms with Gasteiger partial charge in [-0.2, -0.15) is 0 Å². The van der Waals surface area contributed by atoms with Crippen LogP contribution >= 0.6 is 11.3 Å². The van der Waals surface area contributed by atoms with Crippen molar-refractivity contribution in [2.24, 2.45) is 4.99 Å². The van der Waals surface area contributed by atoms with Gasteiger partial charge in [-0.15, -0.1) is 11.3 Å². The molecule has 3 N–H and O–H groups in total. The summed E-state index contributed by atoms with van der Waals surface area (Å²) in [5, 5.41) is 16.9. The first-order valence-corrected chi connectivity index (χ1v) is 8.50. The summed E-state index contributed by atoms with van der Waals surface area (Å²) < 4.78 is 5.52. The lowest BCUT2D eigenvalue weighted by molar-refractivity contribution is 0.0378. The molecule has 0 saturated carbocycles. The molecule has 2 aromatic rings. The Morgan fingerprint density at radius 3 is 2.74 bits per heavy atom. The molecule has 0 amide bonds. The molecule has 0 aromatic carbocycles. The van der Waals surface area contributed by atoms with Crippen LogP contribution in [0.5, 0.6) is 0 Å². The molecule has 0 aliphatic carbocycles. The van der Waals surface area contributed by atoms with Crippen molar-refractivity contribution in [1.29, 1.82) is 0 Å². The second-order valence-electron chi connectivity index (χ2n) is 5.59. The lowest BCUT2D eigenvalue weighted by atomic mass is 10.0. The molecule has 126 valence electrons. The van der Waals surface area contributed by atoms with E-state index >= 15 is 0 Å². The van der Waals surface area contributed by atoms with Crippen LogP contribution in [0.25, 0.3) is 0 Å². The van der Waals surface area contributed by atoms with E-state index in [1.165, 1.54) is 0 Å². The Morgan fingerprint density at radius 1 is 1.39 bits per heavy atom. The number of hydrogen-bond acceptors (Lipinski definition) is 5. The summed E-state index contributed by atoms with van der Waals surface area (Å²) in [4.78, 5) is 9.90. The number of guanidine groups is 1. The molecule has 1 unspecified atom stereocenters. The van der Waals surface area contributed by atoms with E-state index in [-0.39, 0.29) is 0 Å². The number of furan rings is 1. The molecule has 0 fully saturated rings. The van der Waals surface area contributed by atoms with Gasteiger partial charge in [0.05, 0.1) is 24.3 Å². The summed E-state index contributed by atoms with van der Waals surface area (Å²) in [5.41, 5.74) is 1.72. The largest absolute Gasteiger partial charge is 0.463 e. The van der Waals surface area contributed by atoms with E-state index in [0.29, 0.717) is 24.8 Å². The average molecular weight is 336 g/mol. The fraction of sp³-hybridized carbons (Fsp3) is 0.500. The quantitative estimate of drug-likeness (QED) is 0.557. The first-order valence-electron chi connectivity index (χ1n) is 7.63. The van der Waals surface area contributed by atoms with E-state index < -0.39 is 5.60 Å². The topological polar surface area (TPSA) is 82.7 Å². The van der Waals surface area contributed by atoms with Gasteiger partial charge in [0.1, 0.15) is 17.1 Å². The number of aliphatic hydroxyl groups is 1. The van der Waals surface area contributed by atoms with Gasteiger partial charge in [0.2, 0.25) is 0 Å². The van der Waals surface area contributed by atoms with Crippen LogP contribution in [-0.2, 0) is 12.1 Å². The van der Waals surface area contributed by atoms with Crippen molar-refractivity contribution in [3.8, 4) is 0 Å². The van der Waals surface area contributed by atoms with Crippen molar-refractivity contribution >= 4 is 17.3 Å². The minimum absolute atomic E-state index is 0.299. The van der Waals surface area contributed by atoms with Crippen molar-refractivity contribution in [2.45, 2.75) is 39.8 Å². The highest BCUT2D eigenvalue weighted by molar-refractivity contribution is 7.09. The number of rotatable bonds is 6. The van der Waals surface area contributed by atoms with Crippen molar-refractivity contribution in [3.05, 3.63) is 39.7 Å². The predicted molar refractivity (Wildman–Crippen MR) is 92.7 cm³/mol. The maximum Gasteiger partial charge on any atom is 0.191 e. The average Bonchev–Trinajstić information content (AvgIpc) is 3.11. The van der Waals surface area contributed by atoms with Gasteiger partial charge in [-0.05, 0) is 39.8 Å². The third-order valence-corrected chi connectivity index (χ3v) is 4.36. The number of nitrogens with one attached hydrogen (secondary N) is 2. The van der Waals surface area contributed by atoms with E-state index in [1.807, 2.05) is 32.3 Å². The minimum Gasteiger partial charge on any atom is -0.463 e. The molecule has 1 atom stereocenters. The molecule has 6 nitrogen and oxygen atoms in total. The summed E-state index contributed by atoms with van der Waals surface area (Å²) in [7, 11) is 0. The lowest BCUT2D eigenvalue weighted by Crippen LogP contribution is -2.44. The Labute approximate surface area is 140 Å². The van der Waals surface area contributed by atoms with Crippen LogP contribution < -0.4 is 10.6 Å². The van der Waals surface area contributed by atoms with E-state index in [1.54, 1.807) is 24.3 Å². The summed E-state index contributed by atoms with van der Waals surface area (Å²) in [5.74, 6) is 1.97. The Morgan fingerprint density at radius 2 is 2.17 bits per heavy atom. The monoisotopic (exact) mass is 336 g/mol. The smallest absolute Gasteiger partial charge is 0.191 e. The standard InChI is InChI=1S/C16H24N4O2S/c1-5-17-15(18-8-13-12(3)20-10-23-13)19-9-16(4,21)14-7-6-11(2)22-14/h6-7,10,21H,5,8-9H2,1-4H3,(H2,17,18,19). The molecule has 23 heavy (non-hydrogen) atoms. The normalized spacial score (nSPS) is 14.6. The van der Waals surface area contributed by atoms with Crippen molar-refractivity contribution < 1.29 is 9.52 Å². The van der Waals surface area contributed by atoms with Gasteiger partial charge in [-0.1, -0.05) is 0 Å². The predicted octanol–water partition coefficient (Wildman–Crippen LogP) is 2.32. The molecule has 0 spiro atoms. The van der Waals surface area contributed by atoms with Gasteiger partial charge in [0, 0.05) is 11.4 Å². The number of hydrogen-bond donors (Lipinski definition) is 3. The molecule has 7 heteroatoms. The van der Waals surface area contributed by atoms with E-state index in [0.717, 1.165) is 22.9 Å². The van der Waals surface area contributed by atoms with E-state index in [9.17, 15) is 5.11 Å². The molecule has 0 aliphatic rings. The minimum atomic E-state index is -1.11. The molecule has 0 aliphatic heterocycles. The zero-order valence-corrected chi connectivity index (χ0v) is 14.8. The van der Waals surface area contributed by atoms with Crippen molar-refractivity contribution in [3.63, 3.8) is 0 Å². The van der Waals surface area contributed by atoms with Crippen LogP contribution in [0, 0.1) is 13.8 Å². The molecular weight excluding hydrogens is 312 g/mol. The first kappa shape index (κ1) is 17.5. The summed E-state index contributed by atoms with van der Waals surface area (Å²) in [6.45, 7) is 9.16. The Bertz CT molecular complexity index is 661. The number of aryl methyl sites for hydroxylation is 2. The molecule has 0 saturated heterocycles. The van der Waals surface area contributed by atoms with Gasteiger partial charge < -0.3 is 20.2 Å². The van der Waals surface area contributed by atoms with Crippen LogP contribution in [0.15, 0.2) is 27.1 Å². The molecule has 2 aromatic heterocycles. The highest BCUT2D eigenvalue weighted by Gasteiger charge is 2.27. The van der Waals surface area contributed by atoms with E-state index in [4.69, 9.17) is 4.42 Å². The fourth-order valence-electron chi connectivity index (χ4n) is 2.04. The van der Waals surface area contributed by atoms with Crippen LogP contribution in [0.2, 0.25) is 0 Å². The van der Waals surface area contributed by atoms with Gasteiger partial charge in [0.25, 0.3) is 0 Å². The zero-order valence-electron chi connectivity index (χ0n) is 14.0. The summed E-state index contributed by atoms with van der Waals surface area (Å²) in [6, 6.07) is 3.64. The van der Waals surface area contributed by atoms with Crippen LogP contribution in [0.4, 0.5) is 0 Å². The lowest BCUT2D eigenvalue weighted by Gasteiger charge is -2.22. The third kappa shape index (κ3) is 4.80. The fourth-order valence-corrected chi connectivity index (χ4v) is 2.74. The maximum atomic E-state index is 10.6. The number of aliphatic imine (C=N–C) groups is 1. The van der Waals surface area contributed by atoms with Crippen LogP contribution in [0.3, 0.4) is 0 Å². The summed E-state index contributed by atoms with van der Waals surface area (Å²) >= 11 is 1.59. The SMILES string of the molecule is CCNC(=NCc1scnc1C)NCC(C)(O)c1ccc(C)o1. The molecule has 2 heterocycles. The van der Waals surface area contributed by atoms with Crippen molar-refractivity contribution in [1.82, 2.24) is 15.6 Å². The highest BCUT2D eigenvalue weighted by Crippen LogP contribution is 2.21. The number of aromatic nitrogens is 1. The first-order chi connectivity index (χ1) is 10.9. The molecule has 0 radical (unpaired) electrons. The van der Waals surface area contributed by atoms with E-state index in [2.05, 4.69) is 20.6 Å². The van der Waals surface area contributed by atoms with Gasteiger partial charge >= 0.3 is 0 Å². The second-order valence-corrected chi connectivity index (χ2v) is 6.53. The Hall–Kier alpha value is -1.86. The van der Waals surface area contributed by atoms with Gasteiger partial charge in [-0.3, -0.25) is 0 Å². The molecular formula is C16H24N4O2S. The molecule has 0 bridgehead atoms.